The fraction of sp³-hybridized carbons (Fsp3) is 0.250. The van der Waals surface area contributed by atoms with Crippen LogP contribution in [0.25, 0.3) is 22.0 Å². The minimum absolute atomic E-state index is 0.254. The Balaban J connectivity index is 1.15. The van der Waals surface area contributed by atoms with E-state index in [1.807, 2.05) is 54.8 Å². The molecule has 1 saturated heterocycles. The van der Waals surface area contributed by atoms with E-state index < -0.39 is 10.9 Å². The summed E-state index contributed by atoms with van der Waals surface area (Å²) in [6.45, 7) is 6.84. The lowest BCUT2D eigenvalue weighted by molar-refractivity contribution is 0.0398. The molecule has 214 valence electrons. The highest BCUT2D eigenvalue weighted by atomic mass is 32.1. The van der Waals surface area contributed by atoms with Crippen LogP contribution in [0.3, 0.4) is 0 Å². The first-order valence-corrected chi connectivity index (χ1v) is 14.8. The summed E-state index contributed by atoms with van der Waals surface area (Å²) in [5.41, 5.74) is 4.48. The summed E-state index contributed by atoms with van der Waals surface area (Å²) in [7, 11) is 0. The second-order valence-electron chi connectivity index (χ2n) is 10.3. The predicted molar refractivity (Wildman–Crippen MR) is 169 cm³/mol. The van der Waals surface area contributed by atoms with E-state index in [0.717, 1.165) is 47.4 Å². The van der Waals surface area contributed by atoms with Crippen LogP contribution in [0.2, 0.25) is 0 Å². The minimum Gasteiger partial charge on any atom is -0.380 e. The number of para-hydroxylation sites is 1. The van der Waals surface area contributed by atoms with E-state index in [-0.39, 0.29) is 5.91 Å². The number of aryl methyl sites for hydroxylation is 1. The molecular weight excluding hydrogens is 550 g/mol. The van der Waals surface area contributed by atoms with Crippen molar-refractivity contribution in [2.45, 2.75) is 13.5 Å². The van der Waals surface area contributed by atoms with Crippen LogP contribution in [0.1, 0.15) is 20.8 Å². The topological polar surface area (TPSA) is 113 Å². The van der Waals surface area contributed by atoms with Crippen molar-refractivity contribution in [3.63, 3.8) is 0 Å². The SMILES string of the molecule is Cc1ccc(NC(=O)c2sccc2NCc2ccnc3ccccc23)cc1-c1c(NCCN2CCOCC2)c(=O)c1=O. The maximum Gasteiger partial charge on any atom is 0.267 e. The van der Waals surface area contributed by atoms with Crippen LogP contribution in [-0.2, 0) is 11.3 Å². The van der Waals surface area contributed by atoms with Crippen molar-refractivity contribution in [2.24, 2.45) is 0 Å². The molecule has 0 saturated carbocycles. The van der Waals surface area contributed by atoms with E-state index in [1.165, 1.54) is 11.3 Å². The Morgan fingerprint density at radius 2 is 1.86 bits per heavy atom. The first kappa shape index (κ1) is 27.8. The van der Waals surface area contributed by atoms with Gasteiger partial charge in [-0.3, -0.25) is 24.3 Å². The zero-order valence-corrected chi connectivity index (χ0v) is 24.1. The molecule has 0 aliphatic carbocycles. The molecule has 9 nitrogen and oxygen atoms in total. The molecule has 42 heavy (non-hydrogen) atoms. The Kier molecular flexibility index (Phi) is 8.09. The Hall–Kier alpha value is -4.38. The summed E-state index contributed by atoms with van der Waals surface area (Å²) in [6.07, 6.45) is 1.79. The van der Waals surface area contributed by atoms with Gasteiger partial charge in [-0.15, -0.1) is 11.3 Å². The van der Waals surface area contributed by atoms with Gasteiger partial charge in [0, 0.05) is 50.0 Å². The van der Waals surface area contributed by atoms with Crippen LogP contribution in [-0.4, -0.2) is 55.2 Å². The highest BCUT2D eigenvalue weighted by Crippen LogP contribution is 2.31. The van der Waals surface area contributed by atoms with Gasteiger partial charge in [-0.25, -0.2) is 0 Å². The number of carbonyl (C=O) groups is 1. The molecule has 0 spiro atoms. The summed E-state index contributed by atoms with van der Waals surface area (Å²) >= 11 is 1.35. The number of ether oxygens (including phenoxy) is 1. The average Bonchev–Trinajstić information content (AvgIpc) is 3.50. The number of benzene rings is 2. The van der Waals surface area contributed by atoms with Gasteiger partial charge in [0.2, 0.25) is 10.9 Å². The van der Waals surface area contributed by atoms with Gasteiger partial charge in [-0.2, -0.15) is 0 Å². The van der Waals surface area contributed by atoms with Crippen molar-refractivity contribution in [1.29, 1.82) is 0 Å². The van der Waals surface area contributed by atoms with Crippen LogP contribution in [0.4, 0.5) is 17.1 Å². The van der Waals surface area contributed by atoms with E-state index in [2.05, 4.69) is 25.8 Å². The molecular formula is C32H31N5O4S. The largest absolute Gasteiger partial charge is 0.380 e. The number of pyridine rings is 1. The van der Waals surface area contributed by atoms with Crippen LogP contribution in [0.15, 0.2) is 75.8 Å². The molecule has 2 aromatic heterocycles. The monoisotopic (exact) mass is 581 g/mol. The summed E-state index contributed by atoms with van der Waals surface area (Å²) in [4.78, 5) is 45.7. The standard InChI is InChI=1S/C32H31N5O4S/c1-20-6-7-22(18-24(20)27-28(30(39)29(27)38)34-11-12-37-13-15-41-16-14-37)36-32(40)31-26(9-17-42-31)35-19-21-8-10-33-25-5-3-2-4-23(21)25/h2-10,17-18,34-35H,11-16,19H2,1H3,(H,36,40). The number of rotatable bonds is 10. The maximum absolute atomic E-state index is 13.3. The van der Waals surface area contributed by atoms with Crippen molar-refractivity contribution in [3.05, 3.63) is 103 Å². The van der Waals surface area contributed by atoms with Gasteiger partial charge in [0.1, 0.15) is 4.88 Å². The molecule has 10 heteroatoms. The van der Waals surface area contributed by atoms with E-state index in [1.54, 1.807) is 18.3 Å². The van der Waals surface area contributed by atoms with Crippen LogP contribution >= 0.6 is 11.3 Å². The average molecular weight is 582 g/mol. The molecule has 3 N–H and O–H groups in total. The summed E-state index contributed by atoms with van der Waals surface area (Å²) < 4.78 is 5.39. The number of aromatic nitrogens is 1. The molecule has 0 unspecified atom stereocenters. The quantitative estimate of drug-likeness (QED) is 0.207. The van der Waals surface area contributed by atoms with Crippen molar-refractivity contribution in [2.75, 3.05) is 55.3 Å². The number of nitrogens with zero attached hydrogens (tertiary/aromatic N) is 2. The van der Waals surface area contributed by atoms with E-state index in [0.29, 0.717) is 53.7 Å². The number of nitrogens with one attached hydrogen (secondary N) is 3. The third kappa shape index (κ3) is 5.69. The Morgan fingerprint density at radius 3 is 2.71 bits per heavy atom. The Labute approximate surface area is 246 Å². The molecule has 3 heterocycles. The lowest BCUT2D eigenvalue weighted by Crippen LogP contribution is -2.41. The lowest BCUT2D eigenvalue weighted by atomic mass is 9.94. The fourth-order valence-corrected chi connectivity index (χ4v) is 6.03. The van der Waals surface area contributed by atoms with Gasteiger partial charge in [0.05, 0.1) is 35.7 Å². The highest BCUT2D eigenvalue weighted by Gasteiger charge is 2.24. The second kappa shape index (κ2) is 12.2. The van der Waals surface area contributed by atoms with E-state index in [9.17, 15) is 14.4 Å². The number of morpholine rings is 1. The molecule has 1 fully saturated rings. The van der Waals surface area contributed by atoms with Crippen molar-refractivity contribution in [3.8, 4) is 11.1 Å². The molecule has 3 aromatic carbocycles. The number of hydrogen-bond acceptors (Lipinski definition) is 9. The van der Waals surface area contributed by atoms with Gasteiger partial charge < -0.3 is 20.7 Å². The maximum atomic E-state index is 13.3. The third-order valence-electron chi connectivity index (χ3n) is 7.59. The normalized spacial score (nSPS) is 13.8. The summed E-state index contributed by atoms with van der Waals surface area (Å²) in [5.74, 6) is -0.254. The first-order chi connectivity index (χ1) is 20.5. The van der Waals surface area contributed by atoms with Gasteiger partial charge in [0.15, 0.2) is 0 Å². The lowest BCUT2D eigenvalue weighted by Gasteiger charge is -2.27. The highest BCUT2D eigenvalue weighted by molar-refractivity contribution is 7.12. The zero-order valence-electron chi connectivity index (χ0n) is 23.2. The van der Waals surface area contributed by atoms with Gasteiger partial charge in [-0.05, 0) is 59.3 Å². The second-order valence-corrected chi connectivity index (χ2v) is 11.2. The Morgan fingerprint density at radius 1 is 1.02 bits per heavy atom. The number of amides is 1. The fourth-order valence-electron chi connectivity index (χ4n) is 5.26. The Bertz CT molecular complexity index is 1810. The van der Waals surface area contributed by atoms with Gasteiger partial charge in [-0.1, -0.05) is 24.3 Å². The summed E-state index contributed by atoms with van der Waals surface area (Å²) in [6, 6.07) is 17.2. The number of thiophene rings is 1. The number of hydrogen-bond donors (Lipinski definition) is 3. The number of anilines is 3. The van der Waals surface area contributed by atoms with E-state index >= 15 is 0 Å². The molecule has 0 radical (unpaired) electrons. The third-order valence-corrected chi connectivity index (χ3v) is 8.50. The molecule has 1 aliphatic rings. The first-order valence-electron chi connectivity index (χ1n) is 13.9. The van der Waals surface area contributed by atoms with Crippen molar-refractivity contribution in [1.82, 2.24) is 9.88 Å². The van der Waals surface area contributed by atoms with Crippen LogP contribution in [0, 0.1) is 6.92 Å². The predicted octanol–water partition coefficient (Wildman–Crippen LogP) is 4.48. The van der Waals surface area contributed by atoms with Crippen molar-refractivity contribution < 1.29 is 9.53 Å². The van der Waals surface area contributed by atoms with Crippen LogP contribution < -0.4 is 26.8 Å². The molecule has 6 rings (SSSR count). The van der Waals surface area contributed by atoms with Gasteiger partial charge >= 0.3 is 0 Å². The smallest absolute Gasteiger partial charge is 0.267 e. The number of carbonyl (C=O) groups excluding carboxylic acids is 1. The van der Waals surface area contributed by atoms with Crippen LogP contribution in [0.5, 0.6) is 0 Å². The van der Waals surface area contributed by atoms with E-state index in [4.69, 9.17) is 4.74 Å². The molecule has 5 aromatic rings. The zero-order chi connectivity index (χ0) is 29.1. The number of fused-ring (bicyclic) bond motifs is 1. The van der Waals surface area contributed by atoms with Gasteiger partial charge in [0.25, 0.3) is 5.91 Å². The molecule has 0 bridgehead atoms. The summed E-state index contributed by atoms with van der Waals surface area (Å²) in [5, 5.41) is 12.5. The van der Waals surface area contributed by atoms with Crippen molar-refractivity contribution >= 4 is 45.2 Å². The minimum atomic E-state index is -0.510. The molecule has 0 atom stereocenters. The molecule has 1 amide bonds. The molecule has 1 aliphatic heterocycles.